The maximum absolute atomic E-state index is 10.6. The standard InChI is InChI=1S/C22H29BClO5S/c1-14-19(24)11-22(30-14)29-13-16(25)8-9-17-15(12-23)10-20(26)18(17)6-4-2-3-5-7-21(27)28/h2,4,8-9,11-12,15-18,20,25-26H,3,5-7,10,13H2,1H3,(H,27,28)/b4-2-,9-8+/t15-,16+,17-,18+,20?/m0/s1. The molecule has 30 heavy (non-hydrogen) atoms. The second kappa shape index (κ2) is 12.4. The van der Waals surface area contributed by atoms with Crippen LogP contribution >= 0.6 is 22.9 Å². The molecule has 1 unspecified atom stereocenters. The first-order chi connectivity index (χ1) is 14.3. The summed E-state index contributed by atoms with van der Waals surface area (Å²) in [5.41, 5.74) is 0. The zero-order chi connectivity index (χ0) is 22.1. The summed E-state index contributed by atoms with van der Waals surface area (Å²) >= 11 is 7.46. The van der Waals surface area contributed by atoms with E-state index in [1.807, 2.05) is 25.2 Å². The second-order valence-corrected chi connectivity index (χ2v) is 9.25. The van der Waals surface area contributed by atoms with E-state index in [1.54, 1.807) is 18.1 Å². The molecule has 0 bridgehead atoms. The van der Waals surface area contributed by atoms with E-state index in [0.717, 1.165) is 4.88 Å². The fourth-order valence-corrected chi connectivity index (χ4v) is 4.76. The summed E-state index contributed by atoms with van der Waals surface area (Å²) in [5.74, 6) is 0.874. The molecule has 0 saturated heterocycles. The van der Waals surface area contributed by atoms with Crippen LogP contribution in [0.2, 0.25) is 5.02 Å². The van der Waals surface area contributed by atoms with Gasteiger partial charge in [0.1, 0.15) is 0 Å². The number of carboxylic acids is 1. The topological polar surface area (TPSA) is 87.0 Å². The van der Waals surface area contributed by atoms with Crippen LogP contribution in [0.4, 0.5) is 0 Å². The Morgan fingerprint density at radius 1 is 1.47 bits per heavy atom. The summed E-state index contributed by atoms with van der Waals surface area (Å²) in [6.45, 7) is 2.03. The van der Waals surface area contributed by atoms with Crippen molar-refractivity contribution in [3.8, 4) is 5.06 Å². The third-order valence-corrected chi connectivity index (χ3v) is 6.83. The van der Waals surface area contributed by atoms with Crippen molar-refractivity contribution in [2.75, 3.05) is 6.61 Å². The Bertz CT molecular complexity index is 743. The van der Waals surface area contributed by atoms with Crippen LogP contribution in [-0.4, -0.2) is 53.6 Å². The second-order valence-electron chi connectivity index (χ2n) is 7.63. The molecule has 8 heteroatoms. The van der Waals surface area contributed by atoms with Gasteiger partial charge in [-0.25, -0.2) is 0 Å². The van der Waals surface area contributed by atoms with E-state index in [-0.39, 0.29) is 30.8 Å². The van der Waals surface area contributed by atoms with Crippen LogP contribution in [0.5, 0.6) is 5.06 Å². The molecule has 1 aromatic heterocycles. The number of aliphatic hydroxyl groups excluding tert-OH is 2. The van der Waals surface area contributed by atoms with Crippen LogP contribution in [0, 0.1) is 24.7 Å². The van der Waals surface area contributed by atoms with Crippen LogP contribution in [0.1, 0.15) is 37.0 Å². The third kappa shape index (κ3) is 7.69. The number of aliphatic carboxylic acids is 1. The van der Waals surface area contributed by atoms with E-state index in [4.69, 9.17) is 28.9 Å². The average molecular weight is 452 g/mol. The van der Waals surface area contributed by atoms with E-state index < -0.39 is 18.2 Å². The van der Waals surface area contributed by atoms with Crippen molar-refractivity contribution in [2.45, 2.75) is 51.2 Å². The number of carboxylic acid groups (broad SMARTS) is 1. The molecule has 0 spiro atoms. The van der Waals surface area contributed by atoms with Gasteiger partial charge in [0.15, 0.2) is 0 Å². The quantitative estimate of drug-likeness (QED) is 0.256. The van der Waals surface area contributed by atoms with Crippen molar-refractivity contribution in [1.82, 2.24) is 0 Å². The number of hydrogen-bond donors (Lipinski definition) is 3. The van der Waals surface area contributed by atoms with Gasteiger partial charge in [0.25, 0.3) is 0 Å². The number of ether oxygens (including phenoxy) is 1. The van der Waals surface area contributed by atoms with Crippen LogP contribution < -0.4 is 4.74 Å². The molecule has 1 aliphatic rings. The molecule has 5 atom stereocenters. The number of hydrogen-bond acceptors (Lipinski definition) is 5. The summed E-state index contributed by atoms with van der Waals surface area (Å²) in [6.07, 6.45) is 9.04. The maximum atomic E-state index is 10.6. The van der Waals surface area contributed by atoms with Gasteiger partial charge in [-0.3, -0.25) is 0 Å². The van der Waals surface area contributed by atoms with Gasteiger partial charge in [0, 0.05) is 0 Å². The Morgan fingerprint density at radius 3 is 2.87 bits per heavy atom. The van der Waals surface area contributed by atoms with E-state index >= 15 is 0 Å². The van der Waals surface area contributed by atoms with Crippen molar-refractivity contribution in [3.63, 3.8) is 0 Å². The van der Waals surface area contributed by atoms with Crippen LogP contribution in [0.15, 0.2) is 30.4 Å². The molecule has 3 N–H and O–H groups in total. The predicted molar refractivity (Wildman–Crippen MR) is 123 cm³/mol. The number of carbonyl (C=O) groups is 1. The first kappa shape index (κ1) is 24.9. The molecular formula is C22H29BClO5S. The van der Waals surface area contributed by atoms with E-state index in [2.05, 4.69) is 0 Å². The van der Waals surface area contributed by atoms with Crippen molar-refractivity contribution in [2.24, 2.45) is 17.8 Å². The zero-order valence-corrected chi connectivity index (χ0v) is 18.7. The molecule has 5 nitrogen and oxygen atoms in total. The van der Waals surface area contributed by atoms with Gasteiger partial charge in [0.05, 0.1) is 0 Å². The van der Waals surface area contributed by atoms with E-state index in [9.17, 15) is 15.0 Å². The molecule has 2 rings (SSSR count). The van der Waals surface area contributed by atoms with Crippen molar-refractivity contribution in [1.29, 1.82) is 0 Å². The third-order valence-electron chi connectivity index (χ3n) is 5.37. The average Bonchev–Trinajstić information content (AvgIpc) is 3.19. The first-order valence-electron chi connectivity index (χ1n) is 10.2. The Hall–Kier alpha value is -1.41. The fourth-order valence-electron chi connectivity index (χ4n) is 3.72. The van der Waals surface area contributed by atoms with Gasteiger partial charge in [-0.2, -0.15) is 0 Å². The van der Waals surface area contributed by atoms with Crippen LogP contribution in [-0.2, 0) is 4.79 Å². The first-order valence-corrected chi connectivity index (χ1v) is 11.4. The van der Waals surface area contributed by atoms with E-state index in [1.165, 1.54) is 11.3 Å². The zero-order valence-electron chi connectivity index (χ0n) is 17.1. The fraction of sp³-hybridized carbons (Fsp3) is 0.545. The van der Waals surface area contributed by atoms with Gasteiger partial charge >= 0.3 is 188 Å². The number of aryl methyl sites for hydroxylation is 1. The van der Waals surface area contributed by atoms with Crippen molar-refractivity contribution >= 4 is 42.4 Å². The molecular weight excluding hydrogens is 423 g/mol. The summed E-state index contributed by atoms with van der Waals surface area (Å²) in [6, 6.07) is 1.74. The summed E-state index contributed by atoms with van der Waals surface area (Å²) in [7, 11) is 5.79. The molecule has 0 aliphatic heterocycles. The Balaban J connectivity index is 1.89. The molecule has 163 valence electrons. The molecule has 1 aromatic rings. The number of thiophene rings is 1. The molecule has 1 heterocycles. The van der Waals surface area contributed by atoms with Gasteiger partial charge in [-0.15, -0.1) is 0 Å². The summed E-state index contributed by atoms with van der Waals surface area (Å²) in [4.78, 5) is 11.5. The number of aliphatic hydroxyl groups is 2. The number of rotatable bonds is 12. The van der Waals surface area contributed by atoms with Gasteiger partial charge in [-0.1, -0.05) is 0 Å². The molecule has 0 amide bonds. The monoisotopic (exact) mass is 451 g/mol. The van der Waals surface area contributed by atoms with Gasteiger partial charge < -0.3 is 0 Å². The molecule has 0 aromatic carbocycles. The Morgan fingerprint density at radius 2 is 2.23 bits per heavy atom. The number of allylic oxidation sites excluding steroid dienone is 3. The SMILES string of the molecule is [B]=C[C@@H]1CC(O)[C@H](C/C=C\CCCC(=O)O)[C@H]1/C=C/[C@@H](O)COc1cc(Cl)c(C)s1. The van der Waals surface area contributed by atoms with Crippen molar-refractivity contribution < 1.29 is 24.9 Å². The molecule has 1 aliphatic carbocycles. The Labute approximate surface area is 188 Å². The molecule has 1 saturated carbocycles. The van der Waals surface area contributed by atoms with Gasteiger partial charge in [0.2, 0.25) is 0 Å². The predicted octanol–water partition coefficient (Wildman–Crippen LogP) is 3.79. The number of unbranched alkanes of at least 4 members (excludes halogenated alkanes) is 1. The normalized spacial score (nSPS) is 25.2. The molecule has 1 fully saturated rings. The number of halogens is 1. The molecule has 1 radical (unpaired) electrons. The van der Waals surface area contributed by atoms with Gasteiger partial charge in [-0.05, 0) is 0 Å². The minimum absolute atomic E-state index is 0.00588. The van der Waals surface area contributed by atoms with Crippen LogP contribution in [0.3, 0.4) is 0 Å². The summed E-state index contributed by atoms with van der Waals surface area (Å²) in [5, 5.41) is 30.7. The minimum atomic E-state index is -0.791. The van der Waals surface area contributed by atoms with E-state index in [0.29, 0.717) is 35.8 Å². The van der Waals surface area contributed by atoms with Crippen LogP contribution in [0.25, 0.3) is 0 Å². The Kier molecular flexibility index (Phi) is 10.3. The summed E-state index contributed by atoms with van der Waals surface area (Å²) < 4.78 is 5.60. The van der Waals surface area contributed by atoms with Crippen molar-refractivity contribution in [3.05, 3.63) is 40.3 Å².